The predicted molar refractivity (Wildman–Crippen MR) is 137 cm³/mol. The number of rotatable bonds is 6. The number of fused-ring (bicyclic) bond motifs is 1. The molecule has 3 aliphatic heterocycles. The molecule has 1 atom stereocenters. The summed E-state index contributed by atoms with van der Waals surface area (Å²) in [6.07, 6.45) is -2.06. The number of hydrogen-bond donors (Lipinski definition) is 2. The van der Waals surface area contributed by atoms with E-state index < -0.39 is 12.1 Å². The first-order valence-corrected chi connectivity index (χ1v) is 13.6. The standard InChI is InChI=1S/C24H29ClF3N5O2S/c25-16-11-15-12-20(31-21(15)19(13-16)29-17-2-9-35-10-3-17)22-30-18(14-36-22)1-4-32-5-7-33(8-6-32)23(34)24(26,27)28/h11-13,17-18,29,31H,1-10,14H2/t18-/m1/s1. The molecule has 1 aromatic carbocycles. The third-order valence-electron chi connectivity index (χ3n) is 6.90. The number of halogens is 4. The lowest BCUT2D eigenvalue weighted by Crippen LogP contribution is -2.52. The van der Waals surface area contributed by atoms with Crippen LogP contribution in [0.2, 0.25) is 5.02 Å². The van der Waals surface area contributed by atoms with Crippen LogP contribution in [0.25, 0.3) is 10.9 Å². The van der Waals surface area contributed by atoms with Gasteiger partial charge < -0.3 is 19.9 Å². The molecule has 0 aliphatic carbocycles. The fraction of sp³-hybridized carbons (Fsp3) is 0.583. The maximum absolute atomic E-state index is 12.6. The number of nitrogens with zero attached hydrogens (tertiary/aromatic N) is 3. The lowest BCUT2D eigenvalue weighted by molar-refractivity contribution is -0.187. The average Bonchev–Trinajstić information content (AvgIpc) is 3.50. The molecule has 0 unspecified atom stereocenters. The van der Waals surface area contributed by atoms with E-state index in [2.05, 4.69) is 21.3 Å². The zero-order valence-corrected chi connectivity index (χ0v) is 21.3. The summed E-state index contributed by atoms with van der Waals surface area (Å²) < 4.78 is 43.4. The first-order chi connectivity index (χ1) is 17.3. The molecular weight excluding hydrogens is 515 g/mol. The number of hydrogen-bond acceptors (Lipinski definition) is 6. The number of aromatic amines is 1. The second-order valence-electron chi connectivity index (χ2n) is 9.45. The number of thioether (sulfide) groups is 1. The molecular formula is C24H29ClF3N5O2S. The van der Waals surface area contributed by atoms with Gasteiger partial charge in [0.25, 0.3) is 0 Å². The van der Waals surface area contributed by atoms with Gasteiger partial charge in [-0.05, 0) is 37.5 Å². The van der Waals surface area contributed by atoms with Gasteiger partial charge in [-0.3, -0.25) is 14.7 Å². The van der Waals surface area contributed by atoms with E-state index in [1.807, 2.05) is 12.1 Å². The second kappa shape index (κ2) is 10.8. The first-order valence-electron chi connectivity index (χ1n) is 12.2. The van der Waals surface area contributed by atoms with Crippen LogP contribution in [-0.4, -0.2) is 95.7 Å². The van der Waals surface area contributed by atoms with Gasteiger partial charge in [0.15, 0.2) is 0 Å². The Bertz CT molecular complexity index is 1130. The van der Waals surface area contributed by atoms with Crippen molar-refractivity contribution in [2.75, 3.05) is 57.0 Å². The molecule has 0 radical (unpaired) electrons. The van der Waals surface area contributed by atoms with E-state index in [0.29, 0.717) is 24.2 Å². The largest absolute Gasteiger partial charge is 0.471 e. The van der Waals surface area contributed by atoms with Crippen LogP contribution < -0.4 is 5.32 Å². The van der Waals surface area contributed by atoms with Gasteiger partial charge >= 0.3 is 12.1 Å². The molecule has 5 rings (SSSR count). The highest BCUT2D eigenvalue weighted by molar-refractivity contribution is 8.14. The SMILES string of the molecule is O=C(N1CCN(CC[C@@H]2CSC(c3cc4cc(Cl)cc(NC5CCOCC5)c4[nH]3)=N2)CC1)C(F)(F)F. The lowest BCUT2D eigenvalue weighted by atomic mass is 10.1. The Labute approximate surface area is 216 Å². The van der Waals surface area contributed by atoms with E-state index in [9.17, 15) is 18.0 Å². The fourth-order valence-electron chi connectivity index (χ4n) is 4.89. The zero-order chi connectivity index (χ0) is 25.3. The first kappa shape index (κ1) is 25.7. The van der Waals surface area contributed by atoms with Crippen molar-refractivity contribution in [1.29, 1.82) is 0 Å². The lowest BCUT2D eigenvalue weighted by Gasteiger charge is -2.35. The van der Waals surface area contributed by atoms with E-state index in [1.165, 1.54) is 0 Å². The Balaban J connectivity index is 1.19. The van der Waals surface area contributed by atoms with Crippen LogP contribution in [0.1, 0.15) is 25.0 Å². The molecule has 4 heterocycles. The predicted octanol–water partition coefficient (Wildman–Crippen LogP) is 4.37. The highest BCUT2D eigenvalue weighted by Gasteiger charge is 2.43. The van der Waals surface area contributed by atoms with Gasteiger partial charge in [-0.25, -0.2) is 0 Å². The monoisotopic (exact) mass is 543 g/mol. The molecule has 12 heteroatoms. The molecule has 1 amide bonds. The summed E-state index contributed by atoms with van der Waals surface area (Å²) >= 11 is 8.11. The minimum absolute atomic E-state index is 0.105. The Morgan fingerprint density at radius 2 is 1.94 bits per heavy atom. The number of carbonyl (C=O) groups excluding carboxylic acids is 1. The fourth-order valence-corrected chi connectivity index (χ4v) is 6.20. The summed E-state index contributed by atoms with van der Waals surface area (Å²) in [5.41, 5.74) is 2.96. The number of aromatic nitrogens is 1. The Morgan fingerprint density at radius 1 is 1.19 bits per heavy atom. The maximum Gasteiger partial charge on any atom is 0.471 e. The van der Waals surface area contributed by atoms with E-state index >= 15 is 0 Å². The second-order valence-corrected chi connectivity index (χ2v) is 10.9. The molecule has 196 valence electrons. The van der Waals surface area contributed by atoms with Crippen molar-refractivity contribution >= 4 is 50.9 Å². The van der Waals surface area contributed by atoms with Crippen molar-refractivity contribution < 1.29 is 22.7 Å². The van der Waals surface area contributed by atoms with Crippen molar-refractivity contribution in [3.63, 3.8) is 0 Å². The Hall–Kier alpha value is -1.95. The van der Waals surface area contributed by atoms with Crippen LogP contribution in [0.3, 0.4) is 0 Å². The maximum atomic E-state index is 12.6. The van der Waals surface area contributed by atoms with E-state index in [-0.39, 0.29) is 19.1 Å². The highest BCUT2D eigenvalue weighted by Crippen LogP contribution is 2.33. The minimum atomic E-state index is -4.80. The van der Waals surface area contributed by atoms with Crippen molar-refractivity contribution in [3.05, 3.63) is 28.9 Å². The number of benzene rings is 1. The smallest absolute Gasteiger partial charge is 0.381 e. The van der Waals surface area contributed by atoms with Crippen LogP contribution in [0, 0.1) is 0 Å². The number of nitrogens with one attached hydrogen (secondary N) is 2. The molecule has 3 aliphatic rings. The van der Waals surface area contributed by atoms with Crippen molar-refractivity contribution in [1.82, 2.24) is 14.8 Å². The van der Waals surface area contributed by atoms with Gasteiger partial charge in [-0.1, -0.05) is 11.6 Å². The van der Waals surface area contributed by atoms with Crippen LogP contribution >= 0.6 is 23.4 Å². The summed E-state index contributed by atoms with van der Waals surface area (Å²) in [4.78, 5) is 22.9. The van der Waals surface area contributed by atoms with Crippen molar-refractivity contribution in [3.8, 4) is 0 Å². The topological polar surface area (TPSA) is 73.0 Å². The minimum Gasteiger partial charge on any atom is -0.381 e. The van der Waals surface area contributed by atoms with E-state index in [1.54, 1.807) is 11.8 Å². The number of H-pyrrole nitrogens is 1. The molecule has 1 aromatic heterocycles. The summed E-state index contributed by atoms with van der Waals surface area (Å²) in [5.74, 6) is -0.875. The third-order valence-corrected chi connectivity index (χ3v) is 8.27. The zero-order valence-electron chi connectivity index (χ0n) is 19.7. The van der Waals surface area contributed by atoms with Gasteiger partial charge in [-0.15, -0.1) is 11.8 Å². The summed E-state index contributed by atoms with van der Waals surface area (Å²) in [7, 11) is 0. The van der Waals surface area contributed by atoms with Gasteiger partial charge in [0.2, 0.25) is 0 Å². The Kier molecular flexibility index (Phi) is 7.71. The molecule has 7 nitrogen and oxygen atoms in total. The van der Waals surface area contributed by atoms with E-state index in [0.717, 1.165) is 77.0 Å². The number of anilines is 1. The summed E-state index contributed by atoms with van der Waals surface area (Å²) in [5, 5.41) is 6.29. The van der Waals surface area contributed by atoms with Crippen molar-refractivity contribution in [2.45, 2.75) is 37.5 Å². The molecule has 2 fully saturated rings. The van der Waals surface area contributed by atoms with Gasteiger partial charge in [0.1, 0.15) is 5.04 Å². The average molecular weight is 544 g/mol. The highest BCUT2D eigenvalue weighted by atomic mass is 35.5. The van der Waals surface area contributed by atoms with Crippen LogP contribution in [-0.2, 0) is 9.53 Å². The molecule has 2 N–H and O–H groups in total. The number of amides is 1. The summed E-state index contributed by atoms with van der Waals surface area (Å²) in [6.45, 7) is 3.37. The normalized spacial score (nSPS) is 22.3. The quantitative estimate of drug-likeness (QED) is 0.566. The van der Waals surface area contributed by atoms with Crippen LogP contribution in [0.15, 0.2) is 23.2 Å². The van der Waals surface area contributed by atoms with Crippen LogP contribution in [0.4, 0.5) is 18.9 Å². The van der Waals surface area contributed by atoms with E-state index in [4.69, 9.17) is 21.3 Å². The molecule has 2 aromatic rings. The molecule has 0 bridgehead atoms. The number of alkyl halides is 3. The number of piperazine rings is 1. The van der Waals surface area contributed by atoms with Gasteiger partial charge in [-0.2, -0.15) is 13.2 Å². The van der Waals surface area contributed by atoms with Crippen molar-refractivity contribution in [2.24, 2.45) is 4.99 Å². The molecule has 0 spiro atoms. The van der Waals surface area contributed by atoms with Gasteiger partial charge in [0.05, 0.1) is 22.9 Å². The molecule has 2 saturated heterocycles. The molecule has 0 saturated carbocycles. The van der Waals surface area contributed by atoms with Crippen LogP contribution in [0.5, 0.6) is 0 Å². The number of aliphatic imine (C=N–C) groups is 1. The van der Waals surface area contributed by atoms with Gasteiger partial charge in [0, 0.05) is 68.1 Å². The third kappa shape index (κ3) is 5.95. The molecule has 36 heavy (non-hydrogen) atoms. The number of carbonyl (C=O) groups is 1. The Morgan fingerprint density at radius 3 is 2.67 bits per heavy atom. The summed E-state index contributed by atoms with van der Waals surface area (Å²) in [6, 6.07) is 6.49. The number of ether oxygens (including phenoxy) is 1.